The lowest BCUT2D eigenvalue weighted by molar-refractivity contribution is -0.143. The number of aliphatic hydroxyl groups is 1. The number of nitrogens with two attached hydrogens (primary N) is 1. The average molecular weight is 540 g/mol. The van der Waals surface area contributed by atoms with Crippen LogP contribution in [0.4, 0.5) is 4.79 Å². The van der Waals surface area contributed by atoms with Crippen LogP contribution in [0.3, 0.4) is 0 Å². The summed E-state index contributed by atoms with van der Waals surface area (Å²) in [6.45, 7) is 11.8. The third-order valence-electron chi connectivity index (χ3n) is 7.34. The third-order valence-corrected chi connectivity index (χ3v) is 7.82. The molecule has 1 saturated carbocycles. The molecule has 0 radical (unpaired) electrons. The zero-order chi connectivity index (χ0) is 27.9. The maximum Gasteiger partial charge on any atom is 0.318 e. The molecule has 2 aliphatic rings. The van der Waals surface area contributed by atoms with Gasteiger partial charge in [-0.2, -0.15) is 0 Å². The molecule has 1 heterocycles. The summed E-state index contributed by atoms with van der Waals surface area (Å²) in [6.07, 6.45) is 5.29. The topological polar surface area (TPSA) is 154 Å². The van der Waals surface area contributed by atoms with Gasteiger partial charge in [-0.3, -0.25) is 14.4 Å². The van der Waals surface area contributed by atoms with Gasteiger partial charge < -0.3 is 31.5 Å². The van der Waals surface area contributed by atoms with Gasteiger partial charge >= 0.3 is 6.03 Å². The highest BCUT2D eigenvalue weighted by atomic mass is 31.1. The van der Waals surface area contributed by atoms with Crippen LogP contribution in [0.1, 0.15) is 73.1 Å². The summed E-state index contributed by atoms with van der Waals surface area (Å²) in [6, 6.07) is -2.89. The molecule has 6 N–H and O–H groups in total. The summed E-state index contributed by atoms with van der Waals surface area (Å²) in [4.78, 5) is 53.3. The maximum absolute atomic E-state index is 13.9. The summed E-state index contributed by atoms with van der Waals surface area (Å²) in [5, 5.41) is 18.8. The minimum atomic E-state index is -1.51. The average Bonchev–Trinajstić information content (AvgIpc) is 3.20. The number of likely N-dealkylation sites (tertiary alicyclic amines) is 1. The van der Waals surface area contributed by atoms with Crippen molar-refractivity contribution in [3.8, 4) is 0 Å². The second-order valence-corrected chi connectivity index (χ2v) is 12.4. The van der Waals surface area contributed by atoms with Crippen LogP contribution in [0.2, 0.25) is 0 Å². The lowest BCUT2D eigenvalue weighted by Gasteiger charge is -2.37. The Morgan fingerprint density at radius 3 is 2.27 bits per heavy atom. The number of urea groups is 1. The maximum atomic E-state index is 13.9. The molecule has 5 amide bonds. The number of carbonyl (C=O) groups excluding carboxylic acids is 4. The van der Waals surface area contributed by atoms with E-state index in [0.717, 1.165) is 24.8 Å². The lowest BCUT2D eigenvalue weighted by atomic mass is 9.79. The monoisotopic (exact) mass is 539 g/mol. The molecule has 2 fully saturated rings. The largest absolute Gasteiger partial charge is 0.381 e. The molecule has 2 rings (SSSR count). The van der Waals surface area contributed by atoms with E-state index in [1.165, 1.54) is 0 Å². The van der Waals surface area contributed by atoms with Gasteiger partial charge in [0.2, 0.25) is 17.7 Å². The number of rotatable bonds is 11. The van der Waals surface area contributed by atoms with Crippen LogP contribution < -0.4 is 21.5 Å². The minimum Gasteiger partial charge on any atom is -0.381 e. The number of aliphatic hydroxyl groups excluding tert-OH is 1. The molecule has 0 aromatic heterocycles. The van der Waals surface area contributed by atoms with Gasteiger partial charge in [0.25, 0.3) is 0 Å². The van der Waals surface area contributed by atoms with Crippen LogP contribution in [-0.2, 0) is 14.4 Å². The van der Waals surface area contributed by atoms with E-state index in [1.807, 2.05) is 41.3 Å². The van der Waals surface area contributed by atoms with E-state index < -0.39 is 47.5 Å². The summed E-state index contributed by atoms with van der Waals surface area (Å²) in [5.41, 5.74) is 5.90. The molecule has 11 heteroatoms. The first-order valence-corrected chi connectivity index (χ1v) is 14.7. The number of nitrogens with one attached hydrogen (secondary N) is 3. The van der Waals surface area contributed by atoms with E-state index in [4.69, 9.17) is 5.73 Å². The molecule has 10 nitrogen and oxygen atoms in total. The standard InChI is InChI=1S/C26H46N5O5P/c1-15(2)10-11-17-12-13-31(24(35)21(26(3,4)5)29-25(36)30-37-6)19(17)23(34)28-18(20(32)22(27)33)14-16-8-7-9-16/h10,16-21,32,37H,7-9,11-14H2,1-6H3,(H2,27,33)(H,28,34)(H2,29,30,36)/t17-,18?,19-,20?,21+/m0/s1. The van der Waals surface area contributed by atoms with Crippen molar-refractivity contribution in [1.82, 2.24) is 20.6 Å². The normalized spacial score (nSPS) is 22.6. The minimum absolute atomic E-state index is 0.138. The van der Waals surface area contributed by atoms with Gasteiger partial charge in [-0.05, 0) is 65.8 Å². The lowest BCUT2D eigenvalue weighted by Crippen LogP contribution is -2.60. The third kappa shape index (κ3) is 8.67. The van der Waals surface area contributed by atoms with Crippen molar-refractivity contribution < 1.29 is 24.3 Å². The number of nitrogens with zero attached hydrogens (tertiary/aromatic N) is 1. The molecule has 210 valence electrons. The van der Waals surface area contributed by atoms with Gasteiger partial charge in [-0.25, -0.2) is 4.79 Å². The van der Waals surface area contributed by atoms with E-state index in [9.17, 15) is 24.3 Å². The van der Waals surface area contributed by atoms with Gasteiger partial charge in [0.15, 0.2) is 6.10 Å². The summed E-state index contributed by atoms with van der Waals surface area (Å²) in [7, 11) is 0.182. The van der Waals surface area contributed by atoms with Crippen LogP contribution in [0.15, 0.2) is 11.6 Å². The number of primary amides is 1. The zero-order valence-corrected chi connectivity index (χ0v) is 24.1. The first kappa shape index (κ1) is 31.0. The zero-order valence-electron chi connectivity index (χ0n) is 23.1. The number of carbonyl (C=O) groups is 4. The fourth-order valence-electron chi connectivity index (χ4n) is 5.01. The van der Waals surface area contributed by atoms with Gasteiger partial charge in [-0.1, -0.05) is 51.7 Å². The van der Waals surface area contributed by atoms with Crippen molar-refractivity contribution in [2.45, 2.75) is 97.4 Å². The smallest absolute Gasteiger partial charge is 0.318 e. The molecule has 0 aromatic carbocycles. The highest BCUT2D eigenvalue weighted by molar-refractivity contribution is 7.35. The molecule has 0 spiro atoms. The predicted octanol–water partition coefficient (Wildman–Crippen LogP) is 2.02. The molecule has 1 aliphatic carbocycles. The second kappa shape index (κ2) is 13.6. The van der Waals surface area contributed by atoms with E-state index in [0.29, 0.717) is 31.7 Å². The Kier molecular flexibility index (Phi) is 11.4. The highest BCUT2D eigenvalue weighted by Crippen LogP contribution is 2.33. The summed E-state index contributed by atoms with van der Waals surface area (Å²) < 4.78 is 0. The van der Waals surface area contributed by atoms with Crippen LogP contribution in [0.25, 0.3) is 0 Å². The van der Waals surface area contributed by atoms with Crippen LogP contribution in [0.5, 0.6) is 0 Å². The molecule has 6 atom stereocenters. The molecular formula is C26H46N5O5P. The van der Waals surface area contributed by atoms with Gasteiger partial charge in [-0.15, -0.1) is 0 Å². The highest BCUT2D eigenvalue weighted by Gasteiger charge is 2.46. The van der Waals surface area contributed by atoms with E-state index in [-0.39, 0.29) is 20.6 Å². The van der Waals surface area contributed by atoms with Crippen LogP contribution in [-0.4, -0.2) is 71.2 Å². The summed E-state index contributed by atoms with van der Waals surface area (Å²) >= 11 is 0. The number of amides is 5. The van der Waals surface area contributed by atoms with Crippen molar-refractivity contribution in [3.63, 3.8) is 0 Å². The Bertz CT molecular complexity index is 866. The van der Waals surface area contributed by atoms with Gasteiger partial charge in [0, 0.05) is 6.54 Å². The van der Waals surface area contributed by atoms with Crippen molar-refractivity contribution in [3.05, 3.63) is 11.6 Å². The number of hydrogen-bond acceptors (Lipinski definition) is 5. The molecule has 0 aromatic rings. The molecule has 1 saturated heterocycles. The quantitative estimate of drug-likeness (QED) is 0.201. The summed E-state index contributed by atoms with van der Waals surface area (Å²) in [5.74, 6) is -1.44. The fourth-order valence-corrected chi connectivity index (χ4v) is 5.31. The fraction of sp³-hybridized carbons (Fsp3) is 0.769. The van der Waals surface area contributed by atoms with E-state index >= 15 is 0 Å². The van der Waals surface area contributed by atoms with Crippen molar-refractivity contribution in [2.75, 3.05) is 13.2 Å². The van der Waals surface area contributed by atoms with E-state index in [1.54, 1.807) is 4.90 Å². The van der Waals surface area contributed by atoms with E-state index in [2.05, 4.69) is 21.8 Å². The molecule has 1 aliphatic heterocycles. The van der Waals surface area contributed by atoms with Crippen LogP contribution in [0, 0.1) is 17.3 Å². The first-order valence-electron chi connectivity index (χ1n) is 13.2. The van der Waals surface area contributed by atoms with Crippen molar-refractivity contribution in [2.24, 2.45) is 23.0 Å². The van der Waals surface area contributed by atoms with Gasteiger partial charge in [0.05, 0.1) is 6.04 Å². The van der Waals surface area contributed by atoms with Crippen LogP contribution >= 0.6 is 8.73 Å². The first-order chi connectivity index (χ1) is 17.3. The Morgan fingerprint density at radius 2 is 1.78 bits per heavy atom. The van der Waals surface area contributed by atoms with Gasteiger partial charge in [0.1, 0.15) is 12.1 Å². The Hall–Kier alpha value is -2.19. The number of allylic oxidation sites excluding steroid dienone is 2. The Labute approximate surface area is 222 Å². The second-order valence-electron chi connectivity index (χ2n) is 11.7. The Balaban J connectivity index is 2.34. The molecule has 0 bridgehead atoms. The molecule has 3 unspecified atom stereocenters. The Morgan fingerprint density at radius 1 is 1.14 bits per heavy atom. The predicted molar refractivity (Wildman–Crippen MR) is 146 cm³/mol. The van der Waals surface area contributed by atoms with Crippen molar-refractivity contribution in [1.29, 1.82) is 0 Å². The molecule has 37 heavy (non-hydrogen) atoms. The number of hydrogen-bond donors (Lipinski definition) is 5. The molecular weight excluding hydrogens is 493 g/mol. The SMILES string of the molecule is CPNC(=O)N[C@H](C(=O)N1CC[C@H](CC=C(C)C)[C@H]1C(=O)NC(CC1CCC1)C(O)C(N)=O)C(C)(C)C. The van der Waals surface area contributed by atoms with Crippen molar-refractivity contribution >= 4 is 32.5 Å².